The van der Waals surface area contributed by atoms with Gasteiger partial charge in [0.05, 0.1) is 11.7 Å². The smallest absolute Gasteiger partial charge is 0.223 e. The SMILES string of the molecule is CC(NS(=O)(=O)c1ccc(Cl)nc1Cl)c1nnnn1-c1ccccc1. The summed E-state index contributed by atoms with van der Waals surface area (Å²) in [6, 6.07) is 11.0. The molecule has 0 aliphatic rings. The van der Waals surface area contributed by atoms with Crippen molar-refractivity contribution in [1.29, 1.82) is 0 Å². The van der Waals surface area contributed by atoms with Crippen molar-refractivity contribution in [3.05, 3.63) is 58.6 Å². The third kappa shape index (κ3) is 3.79. The predicted molar refractivity (Wildman–Crippen MR) is 92.1 cm³/mol. The first-order valence-electron chi connectivity index (χ1n) is 7.06. The van der Waals surface area contributed by atoms with E-state index in [1.165, 1.54) is 16.8 Å². The number of nitrogens with one attached hydrogen (secondary N) is 1. The van der Waals surface area contributed by atoms with Gasteiger partial charge in [-0.2, -0.15) is 4.68 Å². The number of nitrogens with zero attached hydrogens (tertiary/aromatic N) is 5. The first kappa shape index (κ1) is 17.7. The Morgan fingerprint density at radius 1 is 1.12 bits per heavy atom. The quantitative estimate of drug-likeness (QED) is 0.661. The van der Waals surface area contributed by atoms with Crippen molar-refractivity contribution >= 4 is 33.2 Å². The van der Waals surface area contributed by atoms with Crippen LogP contribution < -0.4 is 4.72 Å². The zero-order valence-electron chi connectivity index (χ0n) is 12.8. The molecule has 3 aromatic rings. The molecule has 2 heterocycles. The number of sulfonamides is 1. The number of tetrazole rings is 1. The third-order valence-corrected chi connectivity index (χ3v) is 5.47. The van der Waals surface area contributed by atoms with Gasteiger partial charge in [-0.05, 0) is 41.6 Å². The predicted octanol–water partition coefficient (Wildman–Crippen LogP) is 2.40. The third-order valence-electron chi connectivity index (χ3n) is 3.28. The second kappa shape index (κ2) is 7.04. The van der Waals surface area contributed by atoms with Gasteiger partial charge in [-0.25, -0.2) is 18.1 Å². The van der Waals surface area contributed by atoms with Crippen LogP contribution in [0.25, 0.3) is 5.69 Å². The lowest BCUT2D eigenvalue weighted by Gasteiger charge is -2.14. The molecule has 1 aromatic carbocycles. The van der Waals surface area contributed by atoms with Gasteiger partial charge in [0.25, 0.3) is 0 Å². The topological polar surface area (TPSA) is 103 Å². The summed E-state index contributed by atoms with van der Waals surface area (Å²) >= 11 is 11.6. The fraction of sp³-hybridized carbons (Fsp3) is 0.143. The van der Waals surface area contributed by atoms with Gasteiger partial charge in [0.1, 0.15) is 10.0 Å². The highest BCUT2D eigenvalue weighted by Gasteiger charge is 2.25. The van der Waals surface area contributed by atoms with Crippen LogP contribution in [0.5, 0.6) is 0 Å². The van der Waals surface area contributed by atoms with Crippen molar-refractivity contribution in [3.8, 4) is 5.69 Å². The molecule has 0 aliphatic carbocycles. The van der Waals surface area contributed by atoms with E-state index in [0.717, 1.165) is 0 Å². The van der Waals surface area contributed by atoms with Crippen LogP contribution in [0.2, 0.25) is 10.3 Å². The minimum Gasteiger partial charge on any atom is -0.223 e. The monoisotopic (exact) mass is 398 g/mol. The second-order valence-electron chi connectivity index (χ2n) is 5.05. The highest BCUT2D eigenvalue weighted by molar-refractivity contribution is 7.89. The molecule has 3 rings (SSSR count). The van der Waals surface area contributed by atoms with Crippen LogP contribution in [0, 0.1) is 0 Å². The summed E-state index contributed by atoms with van der Waals surface area (Å²) in [5.41, 5.74) is 0.708. The lowest BCUT2D eigenvalue weighted by atomic mass is 10.3. The number of benzene rings is 1. The standard InChI is InChI=1S/C14H12Cl2N6O2S/c1-9(14-18-20-21-22(14)10-5-3-2-4-6-10)19-25(23,24)11-7-8-12(15)17-13(11)16/h2-9,19H,1H3. The molecule has 1 atom stereocenters. The molecule has 0 bridgehead atoms. The second-order valence-corrected chi connectivity index (χ2v) is 7.48. The zero-order chi connectivity index (χ0) is 18.0. The van der Waals surface area contributed by atoms with Crippen molar-refractivity contribution < 1.29 is 8.42 Å². The normalized spacial score (nSPS) is 12.9. The maximum Gasteiger partial charge on any atom is 0.244 e. The summed E-state index contributed by atoms with van der Waals surface area (Å²) in [7, 11) is -3.94. The molecule has 11 heteroatoms. The molecule has 0 aliphatic heterocycles. The molecule has 1 unspecified atom stereocenters. The van der Waals surface area contributed by atoms with Gasteiger partial charge in [0.15, 0.2) is 11.0 Å². The summed E-state index contributed by atoms with van der Waals surface area (Å²) in [4.78, 5) is 3.56. The Bertz CT molecular complexity index is 994. The van der Waals surface area contributed by atoms with Crippen LogP contribution in [-0.2, 0) is 10.0 Å². The Labute approximate surface area is 153 Å². The van der Waals surface area contributed by atoms with Crippen LogP contribution in [0.3, 0.4) is 0 Å². The van der Waals surface area contributed by atoms with Crippen molar-refractivity contribution in [2.24, 2.45) is 0 Å². The lowest BCUT2D eigenvalue weighted by Crippen LogP contribution is -2.29. The zero-order valence-corrected chi connectivity index (χ0v) is 15.2. The molecule has 0 saturated carbocycles. The van der Waals surface area contributed by atoms with Gasteiger partial charge < -0.3 is 0 Å². The van der Waals surface area contributed by atoms with E-state index in [9.17, 15) is 8.42 Å². The maximum absolute atomic E-state index is 12.6. The molecule has 2 aromatic heterocycles. The van der Waals surface area contributed by atoms with Crippen molar-refractivity contribution in [3.63, 3.8) is 0 Å². The average Bonchev–Trinajstić information content (AvgIpc) is 3.04. The molecule has 0 amide bonds. The van der Waals surface area contributed by atoms with E-state index in [2.05, 4.69) is 25.2 Å². The highest BCUT2D eigenvalue weighted by Crippen LogP contribution is 2.23. The minimum atomic E-state index is -3.94. The van der Waals surface area contributed by atoms with Gasteiger partial charge in [0.2, 0.25) is 10.0 Å². The van der Waals surface area contributed by atoms with Crippen molar-refractivity contribution in [1.82, 2.24) is 29.9 Å². The van der Waals surface area contributed by atoms with E-state index < -0.39 is 16.1 Å². The Kier molecular flexibility index (Phi) is 5.00. The fourth-order valence-corrected chi connectivity index (χ4v) is 4.03. The van der Waals surface area contributed by atoms with Crippen LogP contribution in [0.15, 0.2) is 47.4 Å². The molecule has 1 N–H and O–H groups in total. The minimum absolute atomic E-state index is 0.102. The van der Waals surface area contributed by atoms with Gasteiger partial charge in [-0.15, -0.1) is 5.10 Å². The number of para-hydroxylation sites is 1. The Balaban J connectivity index is 1.90. The van der Waals surface area contributed by atoms with Crippen molar-refractivity contribution in [2.45, 2.75) is 17.9 Å². The molecular formula is C14H12Cl2N6O2S. The molecule has 130 valence electrons. The van der Waals surface area contributed by atoms with Gasteiger partial charge >= 0.3 is 0 Å². The molecule has 0 radical (unpaired) electrons. The van der Waals surface area contributed by atoms with E-state index in [1.54, 1.807) is 19.1 Å². The first-order valence-corrected chi connectivity index (χ1v) is 9.30. The number of pyridine rings is 1. The number of hydrogen-bond acceptors (Lipinski definition) is 6. The molecule has 25 heavy (non-hydrogen) atoms. The maximum atomic E-state index is 12.6. The Morgan fingerprint density at radius 3 is 2.52 bits per heavy atom. The summed E-state index contributed by atoms with van der Waals surface area (Å²) in [6.07, 6.45) is 0. The fourth-order valence-electron chi connectivity index (χ4n) is 2.17. The molecule has 0 spiro atoms. The summed E-state index contributed by atoms with van der Waals surface area (Å²) in [5, 5.41) is 11.3. The van der Waals surface area contributed by atoms with E-state index in [1.807, 2.05) is 18.2 Å². The number of aromatic nitrogens is 5. The van der Waals surface area contributed by atoms with Gasteiger partial charge in [0, 0.05) is 0 Å². The largest absolute Gasteiger partial charge is 0.244 e. The van der Waals surface area contributed by atoms with Crippen LogP contribution in [0.4, 0.5) is 0 Å². The average molecular weight is 399 g/mol. The number of hydrogen-bond donors (Lipinski definition) is 1. The Hall–Kier alpha value is -2.07. The van der Waals surface area contributed by atoms with E-state index in [4.69, 9.17) is 23.2 Å². The van der Waals surface area contributed by atoms with E-state index >= 15 is 0 Å². The van der Waals surface area contributed by atoms with Crippen LogP contribution in [-0.4, -0.2) is 33.6 Å². The van der Waals surface area contributed by atoms with E-state index in [0.29, 0.717) is 11.5 Å². The van der Waals surface area contributed by atoms with Crippen molar-refractivity contribution in [2.75, 3.05) is 0 Å². The molecule has 0 fully saturated rings. The summed E-state index contributed by atoms with van der Waals surface area (Å²) in [6.45, 7) is 1.62. The molecular weight excluding hydrogens is 387 g/mol. The number of rotatable bonds is 5. The van der Waals surface area contributed by atoms with E-state index in [-0.39, 0.29) is 15.2 Å². The molecule has 8 nitrogen and oxygen atoms in total. The lowest BCUT2D eigenvalue weighted by molar-refractivity contribution is 0.554. The van der Waals surface area contributed by atoms with Gasteiger partial charge in [-0.1, -0.05) is 41.4 Å². The van der Waals surface area contributed by atoms with Crippen LogP contribution in [0.1, 0.15) is 18.8 Å². The molecule has 0 saturated heterocycles. The summed E-state index contributed by atoms with van der Waals surface area (Å²) < 4.78 is 29.1. The summed E-state index contributed by atoms with van der Waals surface area (Å²) in [5.74, 6) is 0.327. The highest BCUT2D eigenvalue weighted by atomic mass is 35.5. The van der Waals surface area contributed by atoms with Gasteiger partial charge in [-0.3, -0.25) is 0 Å². The number of halogens is 2. The Morgan fingerprint density at radius 2 is 1.84 bits per heavy atom. The first-order chi connectivity index (χ1) is 11.9. The van der Waals surface area contributed by atoms with Crippen LogP contribution >= 0.6 is 23.2 Å².